The highest BCUT2D eigenvalue weighted by atomic mass is 16.5. The van der Waals surface area contributed by atoms with E-state index in [1.807, 2.05) is 0 Å². The van der Waals surface area contributed by atoms with E-state index in [1.165, 1.54) is 86.5 Å². The Morgan fingerprint density at radius 3 is 2.03 bits per heavy atom. The topological polar surface area (TPSA) is 9.23 Å². The van der Waals surface area contributed by atoms with Crippen LogP contribution in [0.4, 0.5) is 0 Å². The van der Waals surface area contributed by atoms with Crippen molar-refractivity contribution in [3.8, 4) is 5.75 Å². The van der Waals surface area contributed by atoms with Crippen molar-refractivity contribution in [1.29, 1.82) is 0 Å². The zero-order chi connectivity index (χ0) is 22.8. The van der Waals surface area contributed by atoms with Gasteiger partial charge in [-0.25, -0.2) is 0 Å². The molecular formula is C31H46O. The zero-order valence-electron chi connectivity index (χ0n) is 21.3. The second-order valence-corrected chi connectivity index (χ2v) is 10.2. The van der Waals surface area contributed by atoms with Gasteiger partial charge in [-0.05, 0) is 97.7 Å². The minimum Gasteiger partial charge on any atom is -0.494 e. The van der Waals surface area contributed by atoms with Gasteiger partial charge in [-0.15, -0.1) is 0 Å². The van der Waals surface area contributed by atoms with E-state index >= 15 is 0 Å². The number of hydrogen-bond donors (Lipinski definition) is 0. The molecule has 1 fully saturated rings. The van der Waals surface area contributed by atoms with E-state index in [0.717, 1.165) is 31.6 Å². The lowest BCUT2D eigenvalue weighted by atomic mass is 9.66. The summed E-state index contributed by atoms with van der Waals surface area (Å²) in [6.45, 7) is 9.90. The van der Waals surface area contributed by atoms with Crippen molar-refractivity contribution in [2.75, 3.05) is 6.61 Å². The Kier molecular flexibility index (Phi) is 9.69. The summed E-state index contributed by atoms with van der Waals surface area (Å²) < 4.78 is 5.88. The number of benzene rings is 2. The van der Waals surface area contributed by atoms with Crippen LogP contribution in [-0.4, -0.2) is 6.61 Å². The molecule has 0 spiro atoms. The van der Waals surface area contributed by atoms with Gasteiger partial charge in [-0.1, -0.05) is 83.1 Å². The van der Waals surface area contributed by atoms with Crippen LogP contribution >= 0.6 is 0 Å². The molecule has 1 heteroatoms. The Hall–Kier alpha value is -1.76. The van der Waals surface area contributed by atoms with Gasteiger partial charge in [0.2, 0.25) is 0 Å². The van der Waals surface area contributed by atoms with Crippen LogP contribution in [0, 0.1) is 13.8 Å². The molecule has 0 amide bonds. The van der Waals surface area contributed by atoms with Gasteiger partial charge in [0.1, 0.15) is 5.75 Å². The highest BCUT2D eigenvalue weighted by Gasteiger charge is 2.33. The van der Waals surface area contributed by atoms with Crippen LogP contribution in [-0.2, 0) is 18.3 Å². The molecule has 0 aromatic heterocycles. The van der Waals surface area contributed by atoms with Crippen molar-refractivity contribution in [3.05, 3.63) is 64.2 Å². The molecule has 0 N–H and O–H groups in total. The smallest absolute Gasteiger partial charge is 0.119 e. The first-order chi connectivity index (χ1) is 15.6. The maximum atomic E-state index is 5.88. The first kappa shape index (κ1) is 24.9. The third-order valence-electron chi connectivity index (χ3n) is 7.77. The standard InChI is InChI=1S/C31H46O/c1-5-7-10-19-31(20-11-9-12-21-31)29-17-15-27(25(3)23-29)13-14-28-16-18-30(24-26(28)4)32-22-8-6-2/h15-18,23-24H,5-14,19-22H2,1-4H3. The normalized spacial score (nSPS) is 15.6. The third kappa shape index (κ3) is 6.63. The van der Waals surface area contributed by atoms with Crippen molar-refractivity contribution < 1.29 is 4.74 Å². The first-order valence-electron chi connectivity index (χ1n) is 13.4. The van der Waals surface area contributed by atoms with Crippen molar-refractivity contribution in [2.24, 2.45) is 0 Å². The molecule has 0 unspecified atom stereocenters. The molecule has 1 nitrogen and oxygen atoms in total. The number of ether oxygens (including phenoxy) is 1. The van der Waals surface area contributed by atoms with E-state index in [9.17, 15) is 0 Å². The Bertz CT molecular complexity index is 828. The summed E-state index contributed by atoms with van der Waals surface area (Å²) in [5.74, 6) is 1.01. The monoisotopic (exact) mass is 434 g/mol. The summed E-state index contributed by atoms with van der Waals surface area (Å²) in [6.07, 6.45) is 17.0. The number of hydrogen-bond acceptors (Lipinski definition) is 1. The molecule has 0 heterocycles. The zero-order valence-corrected chi connectivity index (χ0v) is 21.3. The van der Waals surface area contributed by atoms with Crippen molar-refractivity contribution in [2.45, 2.75) is 117 Å². The lowest BCUT2D eigenvalue weighted by molar-refractivity contribution is 0.266. The largest absolute Gasteiger partial charge is 0.494 e. The predicted octanol–water partition coefficient (Wildman–Crippen LogP) is 9.05. The van der Waals surface area contributed by atoms with Gasteiger partial charge in [0.15, 0.2) is 0 Å². The molecule has 32 heavy (non-hydrogen) atoms. The molecule has 1 saturated carbocycles. The summed E-state index contributed by atoms with van der Waals surface area (Å²) in [4.78, 5) is 0. The third-order valence-corrected chi connectivity index (χ3v) is 7.77. The minimum atomic E-state index is 0.445. The summed E-state index contributed by atoms with van der Waals surface area (Å²) >= 11 is 0. The average Bonchev–Trinajstić information content (AvgIpc) is 2.80. The molecule has 1 aliphatic carbocycles. The van der Waals surface area contributed by atoms with Crippen LogP contribution < -0.4 is 4.74 Å². The fourth-order valence-electron chi connectivity index (χ4n) is 5.57. The van der Waals surface area contributed by atoms with Gasteiger partial charge in [0.25, 0.3) is 0 Å². The van der Waals surface area contributed by atoms with E-state index in [4.69, 9.17) is 4.74 Å². The van der Waals surface area contributed by atoms with Crippen LogP contribution in [0.2, 0.25) is 0 Å². The van der Waals surface area contributed by atoms with Crippen LogP contribution in [0.5, 0.6) is 5.75 Å². The number of rotatable bonds is 12. The van der Waals surface area contributed by atoms with E-state index in [0.29, 0.717) is 5.41 Å². The van der Waals surface area contributed by atoms with Crippen LogP contribution in [0.25, 0.3) is 0 Å². The molecule has 0 saturated heterocycles. The Morgan fingerprint density at radius 1 is 0.750 bits per heavy atom. The van der Waals surface area contributed by atoms with Crippen molar-refractivity contribution in [3.63, 3.8) is 0 Å². The van der Waals surface area contributed by atoms with E-state index < -0.39 is 0 Å². The predicted molar refractivity (Wildman–Crippen MR) is 139 cm³/mol. The van der Waals surface area contributed by atoms with Gasteiger partial charge in [-0.3, -0.25) is 0 Å². The molecule has 1 aliphatic rings. The molecule has 0 bridgehead atoms. The van der Waals surface area contributed by atoms with Crippen LogP contribution in [0.1, 0.15) is 112 Å². The average molecular weight is 435 g/mol. The molecule has 0 radical (unpaired) electrons. The molecule has 176 valence electrons. The molecular weight excluding hydrogens is 388 g/mol. The van der Waals surface area contributed by atoms with Gasteiger partial charge in [0, 0.05) is 0 Å². The Balaban J connectivity index is 1.66. The molecule has 2 aromatic rings. The highest BCUT2D eigenvalue weighted by molar-refractivity contribution is 5.38. The second kappa shape index (κ2) is 12.5. The van der Waals surface area contributed by atoms with Crippen molar-refractivity contribution >= 4 is 0 Å². The fourth-order valence-corrected chi connectivity index (χ4v) is 5.57. The molecule has 2 aromatic carbocycles. The minimum absolute atomic E-state index is 0.445. The lowest BCUT2D eigenvalue weighted by Gasteiger charge is -2.38. The van der Waals surface area contributed by atoms with E-state index in [-0.39, 0.29) is 0 Å². The summed E-state index contributed by atoms with van der Waals surface area (Å²) in [6, 6.07) is 14.1. The molecule has 0 aliphatic heterocycles. The maximum Gasteiger partial charge on any atom is 0.119 e. The first-order valence-corrected chi connectivity index (χ1v) is 13.4. The van der Waals surface area contributed by atoms with Crippen LogP contribution in [0.15, 0.2) is 36.4 Å². The number of unbranched alkanes of at least 4 members (excludes halogenated alkanes) is 3. The SMILES string of the molecule is CCCCCC1(c2ccc(CCc3ccc(OCCCC)cc3C)c(C)c2)CCCCC1. The number of aryl methyl sites for hydroxylation is 4. The second-order valence-electron chi connectivity index (χ2n) is 10.2. The van der Waals surface area contributed by atoms with Crippen molar-refractivity contribution in [1.82, 2.24) is 0 Å². The van der Waals surface area contributed by atoms with E-state index in [1.54, 1.807) is 5.56 Å². The molecule has 0 atom stereocenters. The maximum absolute atomic E-state index is 5.88. The summed E-state index contributed by atoms with van der Waals surface area (Å²) in [5, 5.41) is 0. The van der Waals surface area contributed by atoms with Gasteiger partial charge >= 0.3 is 0 Å². The Labute approximate surface area is 198 Å². The summed E-state index contributed by atoms with van der Waals surface area (Å²) in [5.41, 5.74) is 7.86. The van der Waals surface area contributed by atoms with Gasteiger partial charge < -0.3 is 4.74 Å². The quantitative estimate of drug-likeness (QED) is 0.303. The fraction of sp³-hybridized carbons (Fsp3) is 0.613. The van der Waals surface area contributed by atoms with Gasteiger partial charge in [-0.2, -0.15) is 0 Å². The lowest BCUT2D eigenvalue weighted by Crippen LogP contribution is -2.29. The summed E-state index contributed by atoms with van der Waals surface area (Å²) in [7, 11) is 0. The highest BCUT2D eigenvalue weighted by Crippen LogP contribution is 2.44. The van der Waals surface area contributed by atoms with E-state index in [2.05, 4.69) is 64.1 Å². The van der Waals surface area contributed by atoms with Crippen LogP contribution in [0.3, 0.4) is 0 Å². The van der Waals surface area contributed by atoms with Gasteiger partial charge in [0.05, 0.1) is 6.61 Å². The Morgan fingerprint density at radius 2 is 1.41 bits per heavy atom. The molecule has 3 rings (SSSR count).